The highest BCUT2D eigenvalue weighted by Gasteiger charge is 2.05. The maximum atomic E-state index is 11.9. The molecule has 0 aliphatic heterocycles. The lowest BCUT2D eigenvalue weighted by molar-refractivity contribution is -0.146. The summed E-state index contributed by atoms with van der Waals surface area (Å²) in [6.07, 6.45) is 42.6. The molecule has 0 rings (SSSR count). The van der Waals surface area contributed by atoms with E-state index in [0.29, 0.717) is 158 Å². The van der Waals surface area contributed by atoms with Crippen molar-refractivity contribution in [2.75, 3.05) is 159 Å². The Bertz CT molecular complexity index is 1070. The summed E-state index contributed by atoms with van der Waals surface area (Å²) in [5.41, 5.74) is 0. The number of unbranched alkanes of at least 4 members (excludes halogenated alkanes) is 22. The van der Waals surface area contributed by atoms with Crippen molar-refractivity contribution in [1.29, 1.82) is 0 Å². The Kier molecular flexibility index (Phi) is 66.3. The van der Waals surface area contributed by atoms with E-state index >= 15 is 0 Å². The summed E-state index contributed by atoms with van der Waals surface area (Å²) in [5, 5.41) is 0. The van der Waals surface area contributed by atoms with Crippen molar-refractivity contribution in [2.24, 2.45) is 0 Å². The van der Waals surface area contributed by atoms with Crippen LogP contribution in [0.2, 0.25) is 0 Å². The number of allylic oxidation sites excluding steroid dienone is 4. The third-order valence-corrected chi connectivity index (χ3v) is 12.0. The molecule has 15 heteroatoms. The standard InChI is InChI=1S/C60H114O15/c1-3-5-7-9-11-13-15-17-19-21-23-25-27-29-31-33-59(61)74-57-55-72-53-51-70-49-47-68-45-43-66-41-39-64-37-35-63-36-38-65-40-42-67-44-46-69-48-50-71-52-54-73-56-58-75-60(62)34-32-30-28-26-24-22-20-18-16-14-12-10-8-6-4-2/h17-20H,3-16,21-58H2,1-2H3/b19-17+,20-18+. The molecule has 0 aliphatic rings. The van der Waals surface area contributed by atoms with Gasteiger partial charge in [-0.3, -0.25) is 9.59 Å². The van der Waals surface area contributed by atoms with Gasteiger partial charge in [-0.2, -0.15) is 0 Å². The van der Waals surface area contributed by atoms with E-state index in [2.05, 4.69) is 38.2 Å². The van der Waals surface area contributed by atoms with E-state index in [1.54, 1.807) is 0 Å². The van der Waals surface area contributed by atoms with E-state index in [1.807, 2.05) is 0 Å². The second kappa shape index (κ2) is 68.1. The topological polar surface area (TPSA) is 154 Å². The van der Waals surface area contributed by atoms with E-state index < -0.39 is 0 Å². The summed E-state index contributed by atoms with van der Waals surface area (Å²) in [6.45, 7) is 15.4. The van der Waals surface area contributed by atoms with Crippen LogP contribution in [0.1, 0.15) is 194 Å². The molecule has 0 aromatic rings. The van der Waals surface area contributed by atoms with Crippen LogP contribution in [0.15, 0.2) is 24.3 Å². The van der Waals surface area contributed by atoms with Crippen molar-refractivity contribution in [3.63, 3.8) is 0 Å². The maximum absolute atomic E-state index is 11.9. The van der Waals surface area contributed by atoms with Gasteiger partial charge in [-0.15, -0.1) is 0 Å². The molecular weight excluding hydrogens is 961 g/mol. The summed E-state index contributed by atoms with van der Waals surface area (Å²) in [6, 6.07) is 0. The zero-order valence-corrected chi connectivity index (χ0v) is 48.2. The third kappa shape index (κ3) is 68.0. The first-order valence-electron chi connectivity index (χ1n) is 30.2. The quantitative estimate of drug-likeness (QED) is 0.0322. The second-order valence-electron chi connectivity index (χ2n) is 18.8. The van der Waals surface area contributed by atoms with E-state index in [9.17, 15) is 9.59 Å². The predicted molar refractivity (Wildman–Crippen MR) is 300 cm³/mol. The van der Waals surface area contributed by atoms with Gasteiger partial charge in [-0.1, -0.05) is 141 Å². The van der Waals surface area contributed by atoms with Crippen molar-refractivity contribution in [1.82, 2.24) is 0 Å². The van der Waals surface area contributed by atoms with Crippen LogP contribution >= 0.6 is 0 Å². The van der Waals surface area contributed by atoms with Gasteiger partial charge >= 0.3 is 11.9 Å². The van der Waals surface area contributed by atoms with Gasteiger partial charge in [0.1, 0.15) is 13.2 Å². The molecule has 0 amide bonds. The molecule has 0 saturated carbocycles. The molecular formula is C60H114O15. The van der Waals surface area contributed by atoms with Crippen LogP contribution in [0.25, 0.3) is 0 Å². The van der Waals surface area contributed by atoms with E-state index in [0.717, 1.165) is 25.7 Å². The van der Waals surface area contributed by atoms with Crippen LogP contribution in [0.5, 0.6) is 0 Å². The highest BCUT2D eigenvalue weighted by Crippen LogP contribution is 2.12. The molecule has 0 N–H and O–H groups in total. The Morgan fingerprint density at radius 2 is 0.400 bits per heavy atom. The Morgan fingerprint density at radius 1 is 0.227 bits per heavy atom. The van der Waals surface area contributed by atoms with Crippen LogP contribution in [0.4, 0.5) is 0 Å². The summed E-state index contributed by atoms with van der Waals surface area (Å²) in [4.78, 5) is 23.9. The Morgan fingerprint density at radius 3 is 0.613 bits per heavy atom. The number of hydrogen-bond donors (Lipinski definition) is 0. The smallest absolute Gasteiger partial charge is 0.305 e. The van der Waals surface area contributed by atoms with Crippen LogP contribution < -0.4 is 0 Å². The molecule has 0 atom stereocenters. The molecule has 75 heavy (non-hydrogen) atoms. The Balaban J connectivity index is 3.18. The van der Waals surface area contributed by atoms with Gasteiger partial charge in [-0.25, -0.2) is 0 Å². The first-order valence-corrected chi connectivity index (χ1v) is 30.2. The molecule has 444 valence electrons. The average Bonchev–Trinajstić information content (AvgIpc) is 3.41. The minimum atomic E-state index is -0.144. The van der Waals surface area contributed by atoms with Crippen molar-refractivity contribution in [3.8, 4) is 0 Å². The van der Waals surface area contributed by atoms with Crippen LogP contribution in [0, 0.1) is 0 Å². The molecule has 0 fully saturated rings. The largest absolute Gasteiger partial charge is 0.463 e. The third-order valence-electron chi connectivity index (χ3n) is 12.0. The number of hydrogen-bond acceptors (Lipinski definition) is 15. The molecule has 0 spiro atoms. The fourth-order valence-corrected chi connectivity index (χ4v) is 7.55. The zero-order chi connectivity index (χ0) is 53.9. The molecule has 15 nitrogen and oxygen atoms in total. The molecule has 0 bridgehead atoms. The van der Waals surface area contributed by atoms with Gasteiger partial charge in [-0.05, 0) is 64.2 Å². The van der Waals surface area contributed by atoms with Crippen molar-refractivity contribution >= 4 is 11.9 Å². The molecule has 0 radical (unpaired) electrons. The van der Waals surface area contributed by atoms with E-state index in [4.69, 9.17) is 61.6 Å². The molecule has 0 aliphatic carbocycles. The van der Waals surface area contributed by atoms with Gasteiger partial charge in [0.15, 0.2) is 0 Å². The first kappa shape index (κ1) is 73.0. The predicted octanol–water partition coefficient (Wildman–Crippen LogP) is 12.3. The minimum Gasteiger partial charge on any atom is -0.463 e. The summed E-state index contributed by atoms with van der Waals surface area (Å²) >= 11 is 0. The lowest BCUT2D eigenvalue weighted by Crippen LogP contribution is -2.16. The van der Waals surface area contributed by atoms with Crippen molar-refractivity contribution in [3.05, 3.63) is 24.3 Å². The normalized spacial score (nSPS) is 11.8. The van der Waals surface area contributed by atoms with Crippen LogP contribution in [-0.2, 0) is 71.2 Å². The van der Waals surface area contributed by atoms with Crippen molar-refractivity contribution in [2.45, 2.75) is 194 Å². The average molecular weight is 1080 g/mol. The van der Waals surface area contributed by atoms with Gasteiger partial charge in [0.2, 0.25) is 0 Å². The maximum Gasteiger partial charge on any atom is 0.305 e. The highest BCUT2D eigenvalue weighted by atomic mass is 16.6. The number of carbonyl (C=O) groups is 2. The zero-order valence-electron chi connectivity index (χ0n) is 48.2. The fraction of sp³-hybridized carbons (Fsp3) is 0.900. The monoisotopic (exact) mass is 1070 g/mol. The number of ether oxygens (including phenoxy) is 13. The number of rotatable bonds is 66. The highest BCUT2D eigenvalue weighted by molar-refractivity contribution is 5.69. The molecule has 0 saturated heterocycles. The number of esters is 2. The van der Waals surface area contributed by atoms with E-state index in [-0.39, 0.29) is 25.2 Å². The summed E-state index contributed by atoms with van der Waals surface area (Å²) in [5.74, 6) is -0.289. The number of carbonyl (C=O) groups excluding carboxylic acids is 2. The second-order valence-corrected chi connectivity index (χ2v) is 18.8. The molecule has 0 aromatic heterocycles. The minimum absolute atomic E-state index is 0.144. The van der Waals surface area contributed by atoms with E-state index in [1.165, 1.54) is 141 Å². The van der Waals surface area contributed by atoms with Crippen LogP contribution in [0.3, 0.4) is 0 Å². The Labute approximate surface area is 458 Å². The van der Waals surface area contributed by atoms with Crippen LogP contribution in [-0.4, -0.2) is 171 Å². The first-order chi connectivity index (χ1) is 37.2. The molecule has 0 aromatic carbocycles. The summed E-state index contributed by atoms with van der Waals surface area (Å²) < 4.78 is 71.3. The fourth-order valence-electron chi connectivity index (χ4n) is 7.55. The van der Waals surface area contributed by atoms with Gasteiger partial charge in [0.05, 0.1) is 145 Å². The lowest BCUT2D eigenvalue weighted by atomic mass is 10.1. The van der Waals surface area contributed by atoms with Gasteiger partial charge in [0.25, 0.3) is 0 Å². The molecule has 0 heterocycles. The van der Waals surface area contributed by atoms with Gasteiger partial charge < -0.3 is 61.6 Å². The Hall–Kier alpha value is -2.02. The summed E-state index contributed by atoms with van der Waals surface area (Å²) in [7, 11) is 0. The SMILES string of the molecule is CCCCCCCC/C=C/CCCCCCCC(=O)OCCOCCOCCOCCOCCOCCOCCOCCOCCOCCOCCOCCOC(=O)CCCCCCC/C=C/CCCCCCCC. The van der Waals surface area contributed by atoms with Gasteiger partial charge in [0, 0.05) is 12.8 Å². The molecule has 0 unspecified atom stereocenters. The van der Waals surface area contributed by atoms with Crippen molar-refractivity contribution < 1.29 is 71.2 Å². The lowest BCUT2D eigenvalue weighted by Gasteiger charge is -2.09.